The third-order valence-corrected chi connectivity index (χ3v) is 8.25. The Balaban J connectivity index is 1.17. The second-order valence-electron chi connectivity index (χ2n) is 9.78. The van der Waals surface area contributed by atoms with E-state index in [9.17, 15) is 14.4 Å². The highest BCUT2D eigenvalue weighted by atomic mass is 35.5. The van der Waals surface area contributed by atoms with Gasteiger partial charge in [0.2, 0.25) is 5.91 Å². The largest absolute Gasteiger partial charge is 0.457 e. The molecule has 0 aromatic heterocycles. The van der Waals surface area contributed by atoms with Crippen LogP contribution in [0, 0.1) is 0 Å². The lowest BCUT2D eigenvalue weighted by molar-refractivity contribution is -0.114. The molecule has 0 aliphatic carbocycles. The van der Waals surface area contributed by atoms with Gasteiger partial charge in [-0.15, -0.1) is 11.8 Å². The Bertz CT molecular complexity index is 1850. The predicted molar refractivity (Wildman–Crippen MR) is 186 cm³/mol. The zero-order valence-electron chi connectivity index (χ0n) is 24.2. The Morgan fingerprint density at radius 1 is 0.674 bits per heavy atom. The van der Waals surface area contributed by atoms with E-state index in [-0.39, 0.29) is 22.4 Å². The molecule has 0 aliphatic rings. The van der Waals surface area contributed by atoms with Crippen LogP contribution in [0.5, 0.6) is 11.5 Å². The van der Waals surface area contributed by atoms with Gasteiger partial charge in [-0.05, 0) is 90.5 Å². The minimum absolute atomic E-state index is 0.0206. The van der Waals surface area contributed by atoms with Gasteiger partial charge in [0.25, 0.3) is 11.8 Å². The SMILES string of the molecule is O=C(CSc1ccc(NC(=O)/C(=C/c2cccc(Cl)c2Cl)NC(=O)c2ccccc2)cc1)Nc1ccc(Oc2ccccc2)cc1. The van der Waals surface area contributed by atoms with E-state index in [0.29, 0.717) is 33.3 Å². The Kier molecular flexibility index (Phi) is 11.1. The lowest BCUT2D eigenvalue weighted by Gasteiger charge is -2.12. The van der Waals surface area contributed by atoms with Gasteiger partial charge < -0.3 is 20.7 Å². The summed E-state index contributed by atoms with van der Waals surface area (Å²) in [6.07, 6.45) is 1.47. The molecule has 0 saturated heterocycles. The van der Waals surface area contributed by atoms with Crippen LogP contribution in [0.3, 0.4) is 0 Å². The predicted octanol–water partition coefficient (Wildman–Crippen LogP) is 8.93. The van der Waals surface area contributed by atoms with Crippen LogP contribution in [0.25, 0.3) is 6.08 Å². The molecule has 10 heteroatoms. The molecule has 0 aliphatic heterocycles. The summed E-state index contributed by atoms with van der Waals surface area (Å²) in [6.45, 7) is 0. The van der Waals surface area contributed by atoms with Crippen molar-refractivity contribution >= 4 is 70.1 Å². The molecule has 3 amide bonds. The van der Waals surface area contributed by atoms with Crippen molar-refractivity contribution in [3.63, 3.8) is 0 Å². The van der Waals surface area contributed by atoms with Gasteiger partial charge in [0, 0.05) is 21.8 Å². The maximum absolute atomic E-state index is 13.3. The smallest absolute Gasteiger partial charge is 0.272 e. The Morgan fingerprint density at radius 3 is 1.98 bits per heavy atom. The van der Waals surface area contributed by atoms with Crippen LogP contribution in [0.2, 0.25) is 10.0 Å². The van der Waals surface area contributed by atoms with E-state index >= 15 is 0 Å². The zero-order chi connectivity index (χ0) is 32.3. The third kappa shape index (κ3) is 9.25. The molecule has 0 atom stereocenters. The molecule has 5 aromatic rings. The number of nitrogens with one attached hydrogen (secondary N) is 3. The van der Waals surface area contributed by atoms with Gasteiger partial charge >= 0.3 is 0 Å². The van der Waals surface area contributed by atoms with Crippen LogP contribution < -0.4 is 20.7 Å². The van der Waals surface area contributed by atoms with Crippen LogP contribution in [0.15, 0.2) is 138 Å². The Labute approximate surface area is 280 Å². The minimum atomic E-state index is -0.555. The summed E-state index contributed by atoms with van der Waals surface area (Å²) in [5, 5.41) is 8.93. The van der Waals surface area contributed by atoms with Crippen LogP contribution in [0.1, 0.15) is 15.9 Å². The molecular weight excluding hydrogens is 641 g/mol. The Morgan fingerprint density at radius 2 is 1.28 bits per heavy atom. The number of hydrogen-bond acceptors (Lipinski definition) is 5. The van der Waals surface area contributed by atoms with Crippen LogP contribution in [-0.4, -0.2) is 23.5 Å². The summed E-state index contributed by atoms with van der Waals surface area (Å²) in [4.78, 5) is 39.6. The monoisotopic (exact) mass is 667 g/mol. The van der Waals surface area contributed by atoms with Crippen LogP contribution in [-0.2, 0) is 9.59 Å². The lowest BCUT2D eigenvalue weighted by atomic mass is 10.1. The summed E-state index contributed by atoms with van der Waals surface area (Å²) in [5.41, 5.74) is 1.99. The number of anilines is 2. The van der Waals surface area contributed by atoms with Crippen molar-refractivity contribution in [3.05, 3.63) is 154 Å². The highest BCUT2D eigenvalue weighted by Crippen LogP contribution is 2.28. The average Bonchev–Trinajstić information content (AvgIpc) is 3.08. The van der Waals surface area contributed by atoms with E-state index in [0.717, 1.165) is 10.6 Å². The third-order valence-electron chi connectivity index (χ3n) is 6.41. The van der Waals surface area contributed by atoms with Gasteiger partial charge in [0.15, 0.2) is 0 Å². The van der Waals surface area contributed by atoms with Crippen molar-refractivity contribution in [2.75, 3.05) is 16.4 Å². The highest BCUT2D eigenvalue weighted by molar-refractivity contribution is 8.00. The second-order valence-corrected chi connectivity index (χ2v) is 11.6. The maximum Gasteiger partial charge on any atom is 0.272 e. The van der Waals surface area contributed by atoms with E-state index in [2.05, 4.69) is 16.0 Å². The van der Waals surface area contributed by atoms with Crippen molar-refractivity contribution in [1.29, 1.82) is 0 Å². The summed E-state index contributed by atoms with van der Waals surface area (Å²) in [5.74, 6) is 0.410. The number of amides is 3. The minimum Gasteiger partial charge on any atom is -0.457 e. The summed E-state index contributed by atoms with van der Waals surface area (Å²) in [7, 11) is 0. The molecule has 46 heavy (non-hydrogen) atoms. The first-order chi connectivity index (χ1) is 22.3. The lowest BCUT2D eigenvalue weighted by Crippen LogP contribution is -2.30. The van der Waals surface area contributed by atoms with Crippen molar-refractivity contribution < 1.29 is 19.1 Å². The van der Waals surface area contributed by atoms with Gasteiger partial charge in [-0.2, -0.15) is 0 Å². The highest BCUT2D eigenvalue weighted by Gasteiger charge is 2.16. The van der Waals surface area contributed by atoms with E-state index in [1.165, 1.54) is 17.8 Å². The van der Waals surface area contributed by atoms with Crippen LogP contribution in [0.4, 0.5) is 11.4 Å². The quantitative estimate of drug-likeness (QED) is 0.0965. The standard InChI is InChI=1S/C36H27Cl2N3O4S/c37-31-13-7-10-25(34(31)38)22-32(41-35(43)24-8-3-1-4-9-24)36(44)40-27-16-20-30(21-17-27)46-23-33(42)39-26-14-18-29(19-15-26)45-28-11-5-2-6-12-28/h1-22H,23H2,(H,39,42)(H,40,44)(H,41,43)/b32-22-. The number of halogens is 2. The molecule has 0 saturated carbocycles. The van der Waals surface area contributed by atoms with Gasteiger partial charge in [-0.25, -0.2) is 0 Å². The van der Waals surface area contributed by atoms with E-state index < -0.39 is 11.8 Å². The fourth-order valence-electron chi connectivity index (χ4n) is 4.14. The van der Waals surface area contributed by atoms with E-state index in [1.807, 2.05) is 30.3 Å². The number of benzene rings is 5. The first-order valence-electron chi connectivity index (χ1n) is 14.0. The van der Waals surface area contributed by atoms with Gasteiger partial charge in [0.05, 0.1) is 15.8 Å². The fourth-order valence-corrected chi connectivity index (χ4v) is 5.20. The number of rotatable bonds is 11. The van der Waals surface area contributed by atoms with Crippen molar-refractivity contribution in [2.45, 2.75) is 4.90 Å². The average molecular weight is 669 g/mol. The molecule has 0 radical (unpaired) electrons. The number of ether oxygens (including phenoxy) is 1. The van der Waals surface area contributed by atoms with Crippen molar-refractivity contribution in [1.82, 2.24) is 5.32 Å². The fraction of sp³-hybridized carbons (Fsp3) is 0.0278. The number of carbonyl (C=O) groups is 3. The summed E-state index contributed by atoms with van der Waals surface area (Å²) < 4.78 is 5.79. The second kappa shape index (κ2) is 15.8. The molecular formula is C36H27Cl2N3O4S. The topological polar surface area (TPSA) is 96.5 Å². The van der Waals surface area contributed by atoms with Gasteiger partial charge in [0.1, 0.15) is 17.2 Å². The van der Waals surface area contributed by atoms with Gasteiger partial charge in [-0.1, -0.05) is 71.7 Å². The molecule has 0 bridgehead atoms. The maximum atomic E-state index is 13.3. The number of para-hydroxylation sites is 1. The molecule has 0 fully saturated rings. The molecule has 5 rings (SSSR count). The zero-order valence-corrected chi connectivity index (χ0v) is 26.5. The Hall–Kier alpha value is -5.02. The van der Waals surface area contributed by atoms with E-state index in [4.69, 9.17) is 27.9 Å². The molecule has 3 N–H and O–H groups in total. The van der Waals surface area contributed by atoms with Crippen molar-refractivity contribution in [2.24, 2.45) is 0 Å². The molecule has 230 valence electrons. The number of hydrogen-bond donors (Lipinski definition) is 3. The summed E-state index contributed by atoms with van der Waals surface area (Å²) >= 11 is 13.9. The molecule has 7 nitrogen and oxygen atoms in total. The van der Waals surface area contributed by atoms with Crippen molar-refractivity contribution in [3.8, 4) is 11.5 Å². The molecule has 5 aromatic carbocycles. The van der Waals surface area contributed by atoms with E-state index in [1.54, 1.807) is 97.1 Å². The number of carbonyl (C=O) groups excluding carboxylic acids is 3. The molecule has 0 spiro atoms. The normalized spacial score (nSPS) is 11.0. The molecule has 0 heterocycles. The van der Waals surface area contributed by atoms with Gasteiger partial charge in [-0.3, -0.25) is 14.4 Å². The van der Waals surface area contributed by atoms with Crippen LogP contribution >= 0.6 is 35.0 Å². The first kappa shape index (κ1) is 32.4. The first-order valence-corrected chi connectivity index (χ1v) is 15.8. The molecule has 0 unspecified atom stereocenters. The number of thioether (sulfide) groups is 1. The summed E-state index contributed by atoms with van der Waals surface area (Å²) in [6, 6.07) is 37.2.